The normalized spacial score (nSPS) is 10.4. The lowest BCUT2D eigenvalue weighted by molar-refractivity contribution is 0.0593. The number of nitrogens with zero attached hydrogens (tertiary/aromatic N) is 2. The van der Waals surface area contributed by atoms with E-state index in [1.54, 1.807) is 31.0 Å². The minimum absolute atomic E-state index is 0.186. The van der Waals surface area contributed by atoms with E-state index >= 15 is 0 Å². The second-order valence-corrected chi connectivity index (χ2v) is 5.82. The van der Waals surface area contributed by atoms with Gasteiger partial charge in [0.05, 0.1) is 33.6 Å². The standard InChI is InChI=1S/C21H22N2O5/c1-5-28-20-9-7-6-8-18(20)23-19(13-17(22-23)21(24)27-4)14-10-15(25-2)12-16(11-14)26-3/h6-13H,5H2,1-4H3. The first-order valence-electron chi connectivity index (χ1n) is 8.75. The number of carbonyl (C=O) groups excluding carboxylic acids is 1. The Hall–Kier alpha value is -3.48. The van der Waals surface area contributed by atoms with Gasteiger partial charge in [-0.2, -0.15) is 5.10 Å². The van der Waals surface area contributed by atoms with Gasteiger partial charge in [0, 0.05) is 11.6 Å². The zero-order valence-electron chi connectivity index (χ0n) is 16.3. The number of carbonyl (C=O) groups is 1. The van der Waals surface area contributed by atoms with E-state index in [9.17, 15) is 4.79 Å². The molecule has 0 N–H and O–H groups in total. The van der Waals surface area contributed by atoms with Crippen molar-refractivity contribution in [1.82, 2.24) is 9.78 Å². The smallest absolute Gasteiger partial charge is 0.358 e. The van der Waals surface area contributed by atoms with Crippen molar-refractivity contribution in [2.45, 2.75) is 6.92 Å². The lowest BCUT2D eigenvalue weighted by Gasteiger charge is -2.14. The second kappa shape index (κ2) is 8.47. The zero-order chi connectivity index (χ0) is 20.1. The van der Waals surface area contributed by atoms with Crippen LogP contribution in [0.3, 0.4) is 0 Å². The van der Waals surface area contributed by atoms with Gasteiger partial charge >= 0.3 is 5.97 Å². The first-order chi connectivity index (χ1) is 13.6. The highest BCUT2D eigenvalue weighted by Crippen LogP contribution is 2.33. The van der Waals surface area contributed by atoms with Crippen LogP contribution in [0.4, 0.5) is 0 Å². The minimum Gasteiger partial charge on any atom is -0.497 e. The number of benzene rings is 2. The molecule has 2 aromatic carbocycles. The Morgan fingerprint density at radius 3 is 2.29 bits per heavy atom. The fraction of sp³-hybridized carbons (Fsp3) is 0.238. The van der Waals surface area contributed by atoms with Crippen LogP contribution in [0, 0.1) is 0 Å². The molecule has 0 bridgehead atoms. The molecule has 0 unspecified atom stereocenters. The van der Waals surface area contributed by atoms with Crippen molar-refractivity contribution in [3.63, 3.8) is 0 Å². The molecule has 0 aliphatic carbocycles. The molecule has 7 heteroatoms. The van der Waals surface area contributed by atoms with E-state index in [0.717, 1.165) is 5.56 Å². The van der Waals surface area contributed by atoms with Crippen LogP contribution in [0.15, 0.2) is 48.5 Å². The summed E-state index contributed by atoms with van der Waals surface area (Å²) in [5.41, 5.74) is 2.33. The number of hydrogen-bond acceptors (Lipinski definition) is 6. The predicted octanol–water partition coefficient (Wildman–Crippen LogP) is 3.74. The Labute approximate surface area is 163 Å². The topological polar surface area (TPSA) is 71.8 Å². The van der Waals surface area contributed by atoms with Crippen molar-refractivity contribution in [2.75, 3.05) is 27.9 Å². The third-order valence-electron chi connectivity index (χ3n) is 4.14. The fourth-order valence-electron chi connectivity index (χ4n) is 2.84. The number of methoxy groups -OCH3 is 3. The number of para-hydroxylation sites is 2. The molecule has 146 valence electrons. The van der Waals surface area contributed by atoms with Gasteiger partial charge in [0.15, 0.2) is 5.69 Å². The third-order valence-corrected chi connectivity index (χ3v) is 4.14. The summed E-state index contributed by atoms with van der Waals surface area (Å²) in [5, 5.41) is 4.46. The van der Waals surface area contributed by atoms with E-state index in [2.05, 4.69) is 5.10 Å². The maximum absolute atomic E-state index is 12.1. The summed E-state index contributed by atoms with van der Waals surface area (Å²) >= 11 is 0. The first-order valence-corrected chi connectivity index (χ1v) is 8.75. The van der Waals surface area contributed by atoms with Crippen LogP contribution < -0.4 is 14.2 Å². The molecule has 0 spiro atoms. The number of aromatic nitrogens is 2. The Balaban J connectivity index is 2.24. The van der Waals surface area contributed by atoms with Gasteiger partial charge in [0.25, 0.3) is 0 Å². The molecule has 7 nitrogen and oxygen atoms in total. The van der Waals surface area contributed by atoms with E-state index in [4.69, 9.17) is 18.9 Å². The SMILES string of the molecule is CCOc1ccccc1-n1nc(C(=O)OC)cc1-c1cc(OC)cc(OC)c1. The quantitative estimate of drug-likeness (QED) is 0.580. The summed E-state index contributed by atoms with van der Waals surface area (Å²) in [6, 6.07) is 14.6. The number of rotatable bonds is 7. The van der Waals surface area contributed by atoms with E-state index in [1.807, 2.05) is 43.3 Å². The molecule has 3 rings (SSSR count). The third kappa shape index (κ3) is 3.78. The van der Waals surface area contributed by atoms with E-state index in [0.29, 0.717) is 35.2 Å². The van der Waals surface area contributed by atoms with Crippen LogP contribution in [-0.4, -0.2) is 43.7 Å². The van der Waals surface area contributed by atoms with Gasteiger partial charge in [-0.15, -0.1) is 0 Å². The average Bonchev–Trinajstić information content (AvgIpc) is 3.18. The van der Waals surface area contributed by atoms with Gasteiger partial charge < -0.3 is 18.9 Å². The molecule has 0 saturated heterocycles. The fourth-order valence-corrected chi connectivity index (χ4v) is 2.84. The van der Waals surface area contributed by atoms with Crippen LogP contribution in [0.5, 0.6) is 17.2 Å². The molecule has 0 fully saturated rings. The summed E-state index contributed by atoms with van der Waals surface area (Å²) in [4.78, 5) is 12.1. The van der Waals surface area contributed by atoms with Gasteiger partial charge in [0.1, 0.15) is 22.9 Å². The molecule has 0 radical (unpaired) electrons. The highest BCUT2D eigenvalue weighted by Gasteiger charge is 2.20. The predicted molar refractivity (Wildman–Crippen MR) is 105 cm³/mol. The van der Waals surface area contributed by atoms with Crippen molar-refractivity contribution in [1.29, 1.82) is 0 Å². The monoisotopic (exact) mass is 382 g/mol. The maximum atomic E-state index is 12.1. The maximum Gasteiger partial charge on any atom is 0.358 e. The van der Waals surface area contributed by atoms with Crippen molar-refractivity contribution in [2.24, 2.45) is 0 Å². The van der Waals surface area contributed by atoms with Crippen molar-refractivity contribution < 1.29 is 23.7 Å². The molecule has 0 atom stereocenters. The van der Waals surface area contributed by atoms with E-state index < -0.39 is 5.97 Å². The molecular formula is C21H22N2O5. The Kier molecular flexibility index (Phi) is 5.84. The molecule has 1 heterocycles. The number of hydrogen-bond donors (Lipinski definition) is 0. The molecule has 0 saturated carbocycles. The second-order valence-electron chi connectivity index (χ2n) is 5.82. The van der Waals surface area contributed by atoms with Crippen molar-refractivity contribution in [3.8, 4) is 34.2 Å². The summed E-state index contributed by atoms with van der Waals surface area (Å²) in [6.07, 6.45) is 0. The molecule has 0 amide bonds. The lowest BCUT2D eigenvalue weighted by Crippen LogP contribution is -2.06. The Bertz CT molecular complexity index is 958. The van der Waals surface area contributed by atoms with Crippen LogP contribution in [-0.2, 0) is 4.74 Å². The molecule has 0 aliphatic heterocycles. The lowest BCUT2D eigenvalue weighted by atomic mass is 10.1. The van der Waals surface area contributed by atoms with Crippen molar-refractivity contribution in [3.05, 3.63) is 54.2 Å². The van der Waals surface area contributed by atoms with Crippen LogP contribution in [0.1, 0.15) is 17.4 Å². The Morgan fingerprint density at radius 2 is 1.68 bits per heavy atom. The molecule has 0 aliphatic rings. The molecule has 1 aromatic heterocycles. The highest BCUT2D eigenvalue weighted by atomic mass is 16.5. The number of ether oxygens (including phenoxy) is 4. The molecule has 3 aromatic rings. The molecule has 28 heavy (non-hydrogen) atoms. The summed E-state index contributed by atoms with van der Waals surface area (Å²) in [5.74, 6) is 1.38. The van der Waals surface area contributed by atoms with Crippen LogP contribution >= 0.6 is 0 Å². The van der Waals surface area contributed by atoms with E-state index in [-0.39, 0.29) is 5.69 Å². The first kappa shape index (κ1) is 19.3. The van der Waals surface area contributed by atoms with Crippen LogP contribution in [0.2, 0.25) is 0 Å². The van der Waals surface area contributed by atoms with E-state index in [1.165, 1.54) is 7.11 Å². The number of esters is 1. The summed E-state index contributed by atoms with van der Waals surface area (Å²) in [6.45, 7) is 2.41. The van der Waals surface area contributed by atoms with Gasteiger partial charge in [-0.05, 0) is 37.3 Å². The van der Waals surface area contributed by atoms with Crippen molar-refractivity contribution >= 4 is 5.97 Å². The molecular weight excluding hydrogens is 360 g/mol. The largest absolute Gasteiger partial charge is 0.497 e. The van der Waals surface area contributed by atoms with Crippen LogP contribution in [0.25, 0.3) is 16.9 Å². The van der Waals surface area contributed by atoms with Gasteiger partial charge in [0.2, 0.25) is 0 Å². The van der Waals surface area contributed by atoms with Gasteiger partial charge in [-0.3, -0.25) is 0 Å². The van der Waals surface area contributed by atoms with Gasteiger partial charge in [-0.25, -0.2) is 9.48 Å². The highest BCUT2D eigenvalue weighted by molar-refractivity contribution is 5.89. The summed E-state index contributed by atoms with van der Waals surface area (Å²) < 4.78 is 23.0. The average molecular weight is 382 g/mol. The van der Waals surface area contributed by atoms with Gasteiger partial charge in [-0.1, -0.05) is 12.1 Å². The minimum atomic E-state index is -0.524. The zero-order valence-corrected chi connectivity index (χ0v) is 16.3. The summed E-state index contributed by atoms with van der Waals surface area (Å²) in [7, 11) is 4.49. The Morgan fingerprint density at radius 1 is 1.00 bits per heavy atom.